The first-order chi connectivity index (χ1) is 8.19. The van der Waals surface area contributed by atoms with Crippen LogP contribution in [0, 0.1) is 0 Å². The molecule has 1 aromatic carbocycles. The predicted octanol–water partition coefficient (Wildman–Crippen LogP) is 2.59. The van der Waals surface area contributed by atoms with E-state index in [9.17, 15) is 4.79 Å². The Bertz CT molecular complexity index is 428. The Kier molecular flexibility index (Phi) is 4.57. The highest BCUT2D eigenvalue weighted by atomic mass is 16.5. The zero-order valence-electron chi connectivity index (χ0n) is 10.5. The molecule has 0 heterocycles. The lowest BCUT2D eigenvalue weighted by atomic mass is 10.0. The van der Waals surface area contributed by atoms with Gasteiger partial charge in [0.1, 0.15) is 5.56 Å². The second-order valence-corrected chi connectivity index (χ2v) is 3.38. The molecule has 0 unspecified atom stereocenters. The quantitative estimate of drug-likeness (QED) is 0.769. The Morgan fingerprint density at radius 3 is 2.59 bits per heavy atom. The second kappa shape index (κ2) is 5.94. The van der Waals surface area contributed by atoms with Gasteiger partial charge in [0.15, 0.2) is 0 Å². The van der Waals surface area contributed by atoms with Gasteiger partial charge in [-0.3, -0.25) is 0 Å². The summed E-state index contributed by atoms with van der Waals surface area (Å²) in [4.78, 5) is 11.9. The van der Waals surface area contributed by atoms with Crippen LogP contribution in [0.15, 0.2) is 18.7 Å². The number of hydrogen-bond donors (Lipinski definition) is 2. The van der Waals surface area contributed by atoms with Gasteiger partial charge in [0.05, 0.1) is 18.0 Å². The average Bonchev–Trinajstić information content (AvgIpc) is 2.36. The van der Waals surface area contributed by atoms with Crippen LogP contribution in [-0.2, 0) is 4.74 Å². The number of nitrogens with one attached hydrogen (secondary N) is 2. The highest BCUT2D eigenvalue weighted by Gasteiger charge is 2.18. The number of rotatable bonds is 5. The van der Waals surface area contributed by atoms with Crippen LogP contribution in [0.2, 0.25) is 0 Å². The Balaban J connectivity index is 3.39. The first-order valence-electron chi connectivity index (χ1n) is 5.51. The van der Waals surface area contributed by atoms with Gasteiger partial charge in [-0.1, -0.05) is 18.7 Å². The number of esters is 1. The third kappa shape index (κ3) is 2.58. The average molecular weight is 234 g/mol. The minimum atomic E-state index is -0.343. The molecule has 0 saturated heterocycles. The number of anilines is 2. The maximum absolute atomic E-state index is 11.9. The standard InChI is InChI=1S/C13H18N2O2/c1-5-9-7-8-10(14-3)11(12(9)15-4)13(16)17-6-2/h5,7-8,14-15H,1,6H2,2-4H3. The van der Waals surface area contributed by atoms with Gasteiger partial charge in [0.2, 0.25) is 0 Å². The van der Waals surface area contributed by atoms with Crippen molar-refractivity contribution >= 4 is 23.4 Å². The van der Waals surface area contributed by atoms with Gasteiger partial charge in [0, 0.05) is 14.1 Å². The fourth-order valence-corrected chi connectivity index (χ4v) is 1.68. The van der Waals surface area contributed by atoms with Crippen LogP contribution in [-0.4, -0.2) is 26.7 Å². The Morgan fingerprint density at radius 2 is 2.12 bits per heavy atom. The van der Waals surface area contributed by atoms with E-state index in [1.54, 1.807) is 27.1 Å². The summed E-state index contributed by atoms with van der Waals surface area (Å²) in [6, 6.07) is 3.73. The number of ether oxygens (including phenoxy) is 1. The Labute approximate surface area is 102 Å². The van der Waals surface area contributed by atoms with Crippen LogP contribution in [0.3, 0.4) is 0 Å². The van der Waals surface area contributed by atoms with Gasteiger partial charge < -0.3 is 15.4 Å². The van der Waals surface area contributed by atoms with E-state index in [0.29, 0.717) is 12.2 Å². The van der Waals surface area contributed by atoms with Gasteiger partial charge in [-0.05, 0) is 18.6 Å². The van der Waals surface area contributed by atoms with Gasteiger partial charge in [-0.25, -0.2) is 4.79 Å². The van der Waals surface area contributed by atoms with Crippen molar-refractivity contribution in [1.29, 1.82) is 0 Å². The lowest BCUT2D eigenvalue weighted by Gasteiger charge is -2.15. The first-order valence-corrected chi connectivity index (χ1v) is 5.51. The van der Waals surface area contributed by atoms with Crippen LogP contribution >= 0.6 is 0 Å². The topological polar surface area (TPSA) is 50.4 Å². The van der Waals surface area contributed by atoms with Crippen molar-refractivity contribution in [2.75, 3.05) is 31.3 Å². The molecular formula is C13H18N2O2. The fraction of sp³-hybridized carbons (Fsp3) is 0.308. The van der Waals surface area contributed by atoms with E-state index in [1.807, 2.05) is 12.1 Å². The summed E-state index contributed by atoms with van der Waals surface area (Å²) in [5, 5.41) is 6.00. The second-order valence-electron chi connectivity index (χ2n) is 3.38. The molecule has 17 heavy (non-hydrogen) atoms. The van der Waals surface area contributed by atoms with Gasteiger partial charge >= 0.3 is 5.97 Å². The molecule has 1 rings (SSSR count). The third-order valence-electron chi connectivity index (χ3n) is 2.46. The molecule has 4 nitrogen and oxygen atoms in total. The molecule has 1 aromatic rings. The van der Waals surface area contributed by atoms with Crippen molar-refractivity contribution < 1.29 is 9.53 Å². The third-order valence-corrected chi connectivity index (χ3v) is 2.46. The molecule has 0 aliphatic carbocycles. The van der Waals surface area contributed by atoms with Crippen molar-refractivity contribution in [3.8, 4) is 0 Å². The van der Waals surface area contributed by atoms with E-state index >= 15 is 0 Å². The lowest BCUT2D eigenvalue weighted by molar-refractivity contribution is 0.0528. The first kappa shape index (κ1) is 13.1. The van der Waals surface area contributed by atoms with Crippen LogP contribution in [0.1, 0.15) is 22.8 Å². The van der Waals surface area contributed by atoms with E-state index in [4.69, 9.17) is 4.74 Å². The molecule has 0 saturated carbocycles. The summed E-state index contributed by atoms with van der Waals surface area (Å²) in [7, 11) is 3.54. The summed E-state index contributed by atoms with van der Waals surface area (Å²) in [5.41, 5.74) is 2.84. The molecular weight excluding hydrogens is 216 g/mol. The molecule has 0 amide bonds. The normalized spacial score (nSPS) is 9.59. The molecule has 92 valence electrons. The van der Waals surface area contributed by atoms with Crippen molar-refractivity contribution in [2.24, 2.45) is 0 Å². The van der Waals surface area contributed by atoms with Crippen molar-refractivity contribution in [2.45, 2.75) is 6.92 Å². The van der Waals surface area contributed by atoms with Crippen molar-refractivity contribution in [3.63, 3.8) is 0 Å². The number of carbonyl (C=O) groups excluding carboxylic acids is 1. The zero-order chi connectivity index (χ0) is 12.8. The summed E-state index contributed by atoms with van der Waals surface area (Å²) in [5.74, 6) is -0.343. The summed E-state index contributed by atoms with van der Waals surface area (Å²) >= 11 is 0. The van der Waals surface area contributed by atoms with Crippen molar-refractivity contribution in [1.82, 2.24) is 0 Å². The predicted molar refractivity (Wildman–Crippen MR) is 71.6 cm³/mol. The van der Waals surface area contributed by atoms with Gasteiger partial charge in [-0.15, -0.1) is 0 Å². The summed E-state index contributed by atoms with van der Waals surface area (Å²) in [6.45, 7) is 5.86. The van der Waals surface area contributed by atoms with E-state index < -0.39 is 0 Å². The van der Waals surface area contributed by atoms with E-state index in [1.165, 1.54) is 0 Å². The van der Waals surface area contributed by atoms with Crippen LogP contribution < -0.4 is 10.6 Å². The molecule has 0 aliphatic heterocycles. The van der Waals surface area contributed by atoms with E-state index in [-0.39, 0.29) is 5.97 Å². The maximum atomic E-state index is 11.9. The molecule has 2 N–H and O–H groups in total. The maximum Gasteiger partial charge on any atom is 0.342 e. The molecule has 0 radical (unpaired) electrons. The molecule has 0 fully saturated rings. The minimum absolute atomic E-state index is 0.343. The largest absolute Gasteiger partial charge is 0.462 e. The van der Waals surface area contributed by atoms with Crippen LogP contribution in [0.25, 0.3) is 6.08 Å². The molecule has 0 spiro atoms. The molecule has 0 bridgehead atoms. The molecule has 0 atom stereocenters. The smallest absolute Gasteiger partial charge is 0.342 e. The van der Waals surface area contributed by atoms with Crippen LogP contribution in [0.5, 0.6) is 0 Å². The van der Waals surface area contributed by atoms with Crippen LogP contribution in [0.4, 0.5) is 11.4 Å². The Morgan fingerprint density at radius 1 is 1.41 bits per heavy atom. The van der Waals surface area contributed by atoms with Gasteiger partial charge in [-0.2, -0.15) is 0 Å². The number of carbonyl (C=O) groups is 1. The highest BCUT2D eigenvalue weighted by Crippen LogP contribution is 2.29. The van der Waals surface area contributed by atoms with Crippen molar-refractivity contribution in [3.05, 3.63) is 29.8 Å². The molecule has 0 aromatic heterocycles. The molecule has 0 aliphatic rings. The summed E-state index contributed by atoms with van der Waals surface area (Å²) < 4.78 is 5.06. The number of hydrogen-bond acceptors (Lipinski definition) is 4. The Hall–Kier alpha value is -1.97. The van der Waals surface area contributed by atoms with E-state index in [2.05, 4.69) is 17.2 Å². The summed E-state index contributed by atoms with van der Waals surface area (Å²) in [6.07, 6.45) is 1.70. The van der Waals surface area contributed by atoms with Gasteiger partial charge in [0.25, 0.3) is 0 Å². The molecule has 4 heteroatoms. The minimum Gasteiger partial charge on any atom is -0.462 e. The number of benzene rings is 1. The lowest BCUT2D eigenvalue weighted by Crippen LogP contribution is -2.12. The van der Waals surface area contributed by atoms with E-state index in [0.717, 1.165) is 16.9 Å². The SMILES string of the molecule is C=Cc1ccc(NC)c(C(=O)OCC)c1NC. The highest BCUT2D eigenvalue weighted by molar-refractivity contribution is 6.03. The zero-order valence-corrected chi connectivity index (χ0v) is 10.5. The fourth-order valence-electron chi connectivity index (χ4n) is 1.68. The monoisotopic (exact) mass is 234 g/mol.